The van der Waals surface area contributed by atoms with Gasteiger partial charge in [0.25, 0.3) is 0 Å². The van der Waals surface area contributed by atoms with Gasteiger partial charge in [-0.1, -0.05) is 0 Å². The number of hydrogen-bond donors (Lipinski definition) is 0. The lowest BCUT2D eigenvalue weighted by Crippen LogP contribution is -2.33. The molecule has 0 aliphatic carbocycles. The fourth-order valence-electron chi connectivity index (χ4n) is 0. The summed E-state index contributed by atoms with van der Waals surface area (Å²) < 4.78 is 11.8. The molecule has 23 heavy (non-hydrogen) atoms. The minimum Gasteiger partial charge on any atom is -0.822 e. The third kappa shape index (κ3) is 109. The van der Waals surface area contributed by atoms with E-state index in [1.165, 1.54) is 19.6 Å². The predicted octanol–water partition coefficient (Wildman–Crippen LogP) is -0.687. The second-order valence-corrected chi connectivity index (χ2v) is 9.16. The van der Waals surface area contributed by atoms with Crippen LogP contribution in [0.1, 0.15) is 20.8 Å². The molecular weight excluding hydrogens is 317 g/mol. The molecule has 0 fully saturated rings. The Morgan fingerprint density at radius 2 is 0.609 bits per heavy atom. The van der Waals surface area contributed by atoms with Crippen LogP contribution in [0.2, 0.25) is 0 Å². The van der Waals surface area contributed by atoms with Crippen molar-refractivity contribution in [3.8, 4) is 0 Å². The Kier molecular flexibility index (Phi) is 17.8. The smallest absolute Gasteiger partial charge is 0.0751 e. The highest BCUT2D eigenvalue weighted by atomic mass is 31.2. The highest BCUT2D eigenvalue weighted by Gasteiger charge is 1.98. The number of phosphoric acid groups is 1. The van der Waals surface area contributed by atoms with Gasteiger partial charge in [0.2, 0.25) is 0 Å². The standard InChI is InChI=1S/3C5H14N.H3O4P/c3*1-5-6(2,3)4;1-5(2,3)4/h3*5H2,1-4H3;(H3,1,2,3,4)/q3*+1;/p-3. The first-order valence-electron chi connectivity index (χ1n) is 7.83. The normalized spacial score (nSPS) is 12.0. The van der Waals surface area contributed by atoms with Crippen LogP contribution >= 0.6 is 7.82 Å². The summed E-state index contributed by atoms with van der Waals surface area (Å²) in [6.45, 7) is 10.2. The van der Waals surface area contributed by atoms with Crippen LogP contribution in [0.5, 0.6) is 0 Å². The molecule has 0 aromatic heterocycles. The van der Waals surface area contributed by atoms with Gasteiger partial charge < -0.3 is 32.7 Å². The number of rotatable bonds is 3. The van der Waals surface area contributed by atoms with Crippen molar-refractivity contribution in [3.63, 3.8) is 0 Å². The van der Waals surface area contributed by atoms with E-state index in [2.05, 4.69) is 84.2 Å². The van der Waals surface area contributed by atoms with E-state index >= 15 is 0 Å². The van der Waals surface area contributed by atoms with Gasteiger partial charge in [-0.05, 0) is 20.8 Å². The van der Waals surface area contributed by atoms with Gasteiger partial charge in [0.15, 0.2) is 0 Å². The highest BCUT2D eigenvalue weighted by Crippen LogP contribution is 2.03. The Balaban J connectivity index is -0.000000105. The summed E-state index contributed by atoms with van der Waals surface area (Å²) in [5.74, 6) is 0. The zero-order valence-electron chi connectivity index (χ0n) is 17.5. The molecule has 146 valence electrons. The quantitative estimate of drug-likeness (QED) is 0.493. The van der Waals surface area contributed by atoms with Crippen LogP contribution in [0.4, 0.5) is 0 Å². The summed E-state index contributed by atoms with van der Waals surface area (Å²) in [5, 5.41) is 0. The highest BCUT2D eigenvalue weighted by molar-refractivity contribution is 7.40. The molecule has 0 amide bonds. The van der Waals surface area contributed by atoms with Crippen LogP contribution < -0.4 is 14.7 Å². The molecule has 8 heteroatoms. The van der Waals surface area contributed by atoms with Crippen LogP contribution in [0.3, 0.4) is 0 Å². The van der Waals surface area contributed by atoms with E-state index in [1.54, 1.807) is 0 Å². The lowest BCUT2D eigenvalue weighted by molar-refractivity contribution is -0.868. The van der Waals surface area contributed by atoms with Gasteiger partial charge in [-0.2, -0.15) is 7.82 Å². The fourth-order valence-corrected chi connectivity index (χ4v) is 0. The predicted molar refractivity (Wildman–Crippen MR) is 93.3 cm³/mol. The van der Waals surface area contributed by atoms with Crippen LogP contribution in [0, 0.1) is 0 Å². The Morgan fingerprint density at radius 3 is 0.609 bits per heavy atom. The van der Waals surface area contributed by atoms with E-state index in [-0.39, 0.29) is 0 Å². The van der Waals surface area contributed by atoms with Crippen molar-refractivity contribution < 1.29 is 32.7 Å². The molecule has 0 aromatic carbocycles. The summed E-state index contributed by atoms with van der Waals surface area (Å²) in [4.78, 5) is 25.6. The first-order chi connectivity index (χ1) is 9.68. The molecule has 0 saturated heterocycles. The Bertz CT molecular complexity index is 258. The average molecular weight is 359 g/mol. The van der Waals surface area contributed by atoms with Gasteiger partial charge >= 0.3 is 0 Å². The number of nitrogens with zero attached hydrogens (tertiary/aromatic N) is 3. The molecule has 0 spiro atoms. The summed E-state index contributed by atoms with van der Waals surface area (Å²) in [6, 6.07) is 0. The number of quaternary nitrogens is 3. The second-order valence-electron chi connectivity index (χ2n) is 8.27. The maximum absolute atomic E-state index is 8.55. The average Bonchev–Trinajstić information content (AvgIpc) is 2.25. The van der Waals surface area contributed by atoms with Crippen molar-refractivity contribution in [2.75, 3.05) is 83.1 Å². The summed E-state index contributed by atoms with van der Waals surface area (Å²) in [7, 11) is 14.2. The topological polar surface area (TPSA) is 86.2 Å². The van der Waals surface area contributed by atoms with Crippen LogP contribution in [0.15, 0.2) is 0 Å². The van der Waals surface area contributed by atoms with E-state index in [0.717, 1.165) is 13.4 Å². The molecule has 0 N–H and O–H groups in total. The lowest BCUT2D eigenvalue weighted by Gasteiger charge is -2.36. The van der Waals surface area contributed by atoms with Gasteiger partial charge in [-0.15, -0.1) is 0 Å². The Morgan fingerprint density at radius 1 is 0.565 bits per heavy atom. The molecule has 0 bridgehead atoms. The largest absolute Gasteiger partial charge is 0.822 e. The SMILES string of the molecule is CC[N+](C)(C)C.CC[N+](C)(C)C.CC[N+](C)(C)C.O=P([O-])([O-])[O-]. The third-order valence-corrected chi connectivity index (χ3v) is 2.85. The summed E-state index contributed by atoms with van der Waals surface area (Å²) >= 11 is 0. The maximum Gasteiger partial charge on any atom is 0.0751 e. The minimum absolute atomic E-state index is 1.07. The third-order valence-electron chi connectivity index (χ3n) is 2.85. The van der Waals surface area contributed by atoms with Gasteiger partial charge in [0, 0.05) is 0 Å². The molecule has 7 nitrogen and oxygen atoms in total. The van der Waals surface area contributed by atoms with E-state index in [9.17, 15) is 0 Å². The van der Waals surface area contributed by atoms with Crippen LogP contribution in [0.25, 0.3) is 0 Å². The molecule has 0 saturated carbocycles. The van der Waals surface area contributed by atoms with Crippen molar-refractivity contribution in [2.24, 2.45) is 0 Å². The van der Waals surface area contributed by atoms with Crippen LogP contribution in [-0.4, -0.2) is 96.5 Å². The van der Waals surface area contributed by atoms with Crippen molar-refractivity contribution in [3.05, 3.63) is 0 Å². The van der Waals surface area contributed by atoms with E-state index in [1.807, 2.05) is 0 Å². The monoisotopic (exact) mass is 359 g/mol. The van der Waals surface area contributed by atoms with E-state index in [0.29, 0.717) is 0 Å². The molecule has 0 unspecified atom stereocenters. The molecule has 0 rings (SSSR count). The Labute approximate surface area is 145 Å². The first-order valence-corrected chi connectivity index (χ1v) is 9.29. The molecular formula is C15H42N3O4P. The van der Waals surface area contributed by atoms with Crippen molar-refractivity contribution >= 4 is 7.82 Å². The zero-order valence-corrected chi connectivity index (χ0v) is 18.4. The maximum atomic E-state index is 8.55. The second kappa shape index (κ2) is 13.3. The van der Waals surface area contributed by atoms with Crippen molar-refractivity contribution in [1.29, 1.82) is 0 Å². The molecule has 0 heterocycles. The molecule has 0 atom stereocenters. The van der Waals surface area contributed by atoms with Crippen LogP contribution in [-0.2, 0) is 4.57 Å². The first kappa shape index (κ1) is 30.8. The van der Waals surface area contributed by atoms with E-state index in [4.69, 9.17) is 19.2 Å². The molecule has 0 aliphatic rings. The van der Waals surface area contributed by atoms with Crippen molar-refractivity contribution in [1.82, 2.24) is 0 Å². The van der Waals surface area contributed by atoms with Gasteiger partial charge in [-0.25, -0.2) is 0 Å². The van der Waals surface area contributed by atoms with Gasteiger partial charge in [-0.3, -0.25) is 0 Å². The van der Waals surface area contributed by atoms with E-state index < -0.39 is 7.82 Å². The van der Waals surface area contributed by atoms with Crippen molar-refractivity contribution in [2.45, 2.75) is 20.8 Å². The fraction of sp³-hybridized carbons (Fsp3) is 1.00. The van der Waals surface area contributed by atoms with Gasteiger partial charge in [0.05, 0.1) is 83.1 Å². The summed E-state index contributed by atoms with van der Waals surface area (Å²) in [6.07, 6.45) is 0. The zero-order chi connectivity index (χ0) is 20.1. The summed E-state index contributed by atoms with van der Waals surface area (Å²) in [5.41, 5.74) is 0. The molecule has 0 aliphatic heterocycles. The lowest BCUT2D eigenvalue weighted by atomic mass is 10.6. The minimum atomic E-state index is -5.39. The molecule has 0 aromatic rings. The number of hydrogen-bond acceptors (Lipinski definition) is 4. The molecule has 0 radical (unpaired) electrons. The van der Waals surface area contributed by atoms with Gasteiger partial charge in [0.1, 0.15) is 0 Å². The Hall–Kier alpha value is -0.0100.